The summed E-state index contributed by atoms with van der Waals surface area (Å²) in [5.41, 5.74) is 0.765. The van der Waals surface area contributed by atoms with Crippen LogP contribution in [0.3, 0.4) is 0 Å². The SMILES string of the molecule is O=C(OCc1nc(-c2cccc(Cl)c2)no1)c1ccccc1O. The van der Waals surface area contributed by atoms with Crippen LogP contribution in [0.4, 0.5) is 0 Å². The Morgan fingerprint density at radius 2 is 2.04 bits per heavy atom. The third kappa shape index (κ3) is 3.49. The Balaban J connectivity index is 1.68. The third-order valence-electron chi connectivity index (χ3n) is 3.00. The summed E-state index contributed by atoms with van der Waals surface area (Å²) in [7, 11) is 0. The molecular weight excluding hydrogens is 320 g/mol. The number of hydrogen-bond donors (Lipinski definition) is 1. The summed E-state index contributed by atoms with van der Waals surface area (Å²) in [6, 6.07) is 13.1. The standard InChI is InChI=1S/C16H11ClN2O4/c17-11-5-3-4-10(8-11)15-18-14(23-19-15)9-22-16(21)12-6-1-2-7-13(12)20/h1-8,20H,9H2. The summed E-state index contributed by atoms with van der Waals surface area (Å²) in [4.78, 5) is 16.0. The van der Waals surface area contributed by atoms with Crippen LogP contribution in [0.15, 0.2) is 53.1 Å². The fourth-order valence-corrected chi connectivity index (χ4v) is 2.10. The van der Waals surface area contributed by atoms with Crippen molar-refractivity contribution in [2.45, 2.75) is 6.61 Å². The van der Waals surface area contributed by atoms with Gasteiger partial charge >= 0.3 is 5.97 Å². The number of rotatable bonds is 4. The lowest BCUT2D eigenvalue weighted by Crippen LogP contribution is -2.05. The number of aromatic nitrogens is 2. The van der Waals surface area contributed by atoms with Crippen molar-refractivity contribution >= 4 is 17.6 Å². The molecule has 0 aliphatic heterocycles. The maximum atomic E-state index is 11.9. The molecular formula is C16H11ClN2O4. The number of carbonyl (C=O) groups is 1. The van der Waals surface area contributed by atoms with Crippen LogP contribution in [-0.4, -0.2) is 21.2 Å². The number of phenolic OH excluding ortho intramolecular Hbond substituents is 1. The molecule has 0 aliphatic carbocycles. The zero-order chi connectivity index (χ0) is 16.2. The van der Waals surface area contributed by atoms with Gasteiger partial charge in [0.15, 0.2) is 6.61 Å². The molecule has 0 unspecified atom stereocenters. The van der Waals surface area contributed by atoms with E-state index in [4.69, 9.17) is 20.9 Å². The van der Waals surface area contributed by atoms with Crippen molar-refractivity contribution < 1.29 is 19.2 Å². The second kappa shape index (κ2) is 6.50. The summed E-state index contributed by atoms with van der Waals surface area (Å²) in [6.07, 6.45) is 0. The highest BCUT2D eigenvalue weighted by atomic mass is 35.5. The summed E-state index contributed by atoms with van der Waals surface area (Å²) in [6.45, 7) is -0.194. The van der Waals surface area contributed by atoms with E-state index < -0.39 is 5.97 Å². The molecule has 6 nitrogen and oxygen atoms in total. The van der Waals surface area contributed by atoms with Crippen molar-refractivity contribution in [1.29, 1.82) is 0 Å². The maximum Gasteiger partial charge on any atom is 0.342 e. The Kier molecular flexibility index (Phi) is 4.25. The molecule has 0 amide bonds. The van der Waals surface area contributed by atoms with Crippen LogP contribution >= 0.6 is 11.6 Å². The number of hydrogen-bond acceptors (Lipinski definition) is 6. The number of para-hydroxylation sites is 1. The number of ether oxygens (including phenoxy) is 1. The summed E-state index contributed by atoms with van der Waals surface area (Å²) < 4.78 is 10.1. The lowest BCUT2D eigenvalue weighted by atomic mass is 10.2. The van der Waals surface area contributed by atoms with Crippen LogP contribution < -0.4 is 0 Å². The fourth-order valence-electron chi connectivity index (χ4n) is 1.91. The van der Waals surface area contributed by atoms with Gasteiger partial charge in [-0.3, -0.25) is 0 Å². The van der Waals surface area contributed by atoms with E-state index in [2.05, 4.69) is 10.1 Å². The minimum Gasteiger partial charge on any atom is -0.507 e. The molecule has 0 saturated carbocycles. The second-order valence-corrected chi connectivity index (χ2v) is 5.05. The third-order valence-corrected chi connectivity index (χ3v) is 3.24. The summed E-state index contributed by atoms with van der Waals surface area (Å²) in [5.74, 6) is -0.335. The van der Waals surface area contributed by atoms with Crippen LogP contribution in [0, 0.1) is 0 Å². The molecule has 1 heterocycles. The van der Waals surface area contributed by atoms with E-state index in [9.17, 15) is 9.90 Å². The van der Waals surface area contributed by atoms with E-state index in [0.717, 1.165) is 0 Å². The zero-order valence-electron chi connectivity index (χ0n) is 11.8. The highest BCUT2D eigenvalue weighted by Gasteiger charge is 2.15. The molecule has 2 aromatic carbocycles. The predicted octanol–water partition coefficient (Wildman–Crippen LogP) is 3.45. The van der Waals surface area contributed by atoms with E-state index in [1.165, 1.54) is 12.1 Å². The van der Waals surface area contributed by atoms with Crippen molar-refractivity contribution in [2.75, 3.05) is 0 Å². The second-order valence-electron chi connectivity index (χ2n) is 4.62. The molecule has 3 aromatic rings. The molecule has 7 heteroatoms. The molecule has 23 heavy (non-hydrogen) atoms. The van der Waals surface area contributed by atoms with Crippen LogP contribution in [0.25, 0.3) is 11.4 Å². The number of esters is 1. The quantitative estimate of drug-likeness (QED) is 0.737. The van der Waals surface area contributed by atoms with E-state index in [-0.39, 0.29) is 23.8 Å². The van der Waals surface area contributed by atoms with Gasteiger partial charge in [-0.1, -0.05) is 41.0 Å². The van der Waals surface area contributed by atoms with Crippen molar-refractivity contribution in [2.24, 2.45) is 0 Å². The maximum absolute atomic E-state index is 11.9. The molecule has 0 fully saturated rings. The van der Waals surface area contributed by atoms with Gasteiger partial charge in [0, 0.05) is 10.6 Å². The Labute approximate surface area is 136 Å². The number of phenols is 1. The first-order valence-corrected chi connectivity index (χ1v) is 7.05. The fraction of sp³-hybridized carbons (Fsp3) is 0.0625. The van der Waals surface area contributed by atoms with Gasteiger partial charge in [0.1, 0.15) is 11.3 Å². The Morgan fingerprint density at radius 1 is 1.22 bits per heavy atom. The van der Waals surface area contributed by atoms with E-state index in [0.29, 0.717) is 16.4 Å². The lowest BCUT2D eigenvalue weighted by Gasteiger charge is -2.03. The van der Waals surface area contributed by atoms with Crippen LogP contribution in [0.2, 0.25) is 5.02 Å². The van der Waals surface area contributed by atoms with Crippen molar-refractivity contribution in [1.82, 2.24) is 10.1 Å². The zero-order valence-corrected chi connectivity index (χ0v) is 12.5. The van der Waals surface area contributed by atoms with Crippen LogP contribution in [0.5, 0.6) is 5.75 Å². The van der Waals surface area contributed by atoms with E-state index >= 15 is 0 Å². The Morgan fingerprint density at radius 3 is 2.83 bits per heavy atom. The van der Waals surface area contributed by atoms with Crippen LogP contribution in [-0.2, 0) is 11.3 Å². The first-order chi connectivity index (χ1) is 11.1. The normalized spacial score (nSPS) is 10.5. The molecule has 0 radical (unpaired) electrons. The Hall–Kier alpha value is -2.86. The molecule has 1 N–H and O–H groups in total. The Bertz CT molecular complexity index is 847. The highest BCUT2D eigenvalue weighted by molar-refractivity contribution is 6.30. The van der Waals surface area contributed by atoms with Crippen LogP contribution in [0.1, 0.15) is 16.2 Å². The highest BCUT2D eigenvalue weighted by Crippen LogP contribution is 2.21. The van der Waals surface area contributed by atoms with Gasteiger partial charge in [-0.05, 0) is 24.3 Å². The first kappa shape index (κ1) is 15.1. The lowest BCUT2D eigenvalue weighted by molar-refractivity contribution is 0.0426. The van der Waals surface area contributed by atoms with Gasteiger partial charge in [-0.15, -0.1) is 0 Å². The number of benzene rings is 2. The average molecular weight is 331 g/mol. The van der Waals surface area contributed by atoms with Crippen molar-refractivity contribution in [3.8, 4) is 17.1 Å². The van der Waals surface area contributed by atoms with Crippen molar-refractivity contribution in [3.63, 3.8) is 0 Å². The summed E-state index contributed by atoms with van der Waals surface area (Å²) >= 11 is 5.91. The molecule has 0 saturated heterocycles. The van der Waals surface area contributed by atoms with Gasteiger partial charge in [0.05, 0.1) is 0 Å². The number of carbonyl (C=O) groups excluding carboxylic acids is 1. The smallest absolute Gasteiger partial charge is 0.342 e. The molecule has 3 rings (SSSR count). The van der Waals surface area contributed by atoms with E-state index in [1.807, 2.05) is 0 Å². The number of nitrogens with zero attached hydrogens (tertiary/aromatic N) is 2. The molecule has 0 bridgehead atoms. The van der Waals surface area contributed by atoms with Gasteiger partial charge in [0.25, 0.3) is 5.89 Å². The van der Waals surface area contributed by atoms with Gasteiger partial charge in [-0.2, -0.15) is 4.98 Å². The minimum absolute atomic E-state index is 0.0714. The molecule has 116 valence electrons. The van der Waals surface area contributed by atoms with Gasteiger partial charge < -0.3 is 14.4 Å². The number of aromatic hydroxyl groups is 1. The molecule has 0 spiro atoms. The minimum atomic E-state index is -0.675. The average Bonchev–Trinajstić information content (AvgIpc) is 3.02. The molecule has 0 aliphatic rings. The largest absolute Gasteiger partial charge is 0.507 e. The van der Waals surface area contributed by atoms with E-state index in [1.54, 1.807) is 36.4 Å². The topological polar surface area (TPSA) is 85.5 Å². The molecule has 0 atom stereocenters. The van der Waals surface area contributed by atoms with Gasteiger partial charge in [0.2, 0.25) is 5.82 Å². The van der Waals surface area contributed by atoms with Crippen molar-refractivity contribution in [3.05, 3.63) is 65.0 Å². The summed E-state index contributed by atoms with van der Waals surface area (Å²) in [5, 5.41) is 14.0. The predicted molar refractivity (Wildman–Crippen MR) is 82.0 cm³/mol. The number of halogens is 1. The van der Waals surface area contributed by atoms with Gasteiger partial charge in [-0.25, -0.2) is 4.79 Å². The first-order valence-electron chi connectivity index (χ1n) is 6.67. The molecule has 1 aromatic heterocycles. The monoisotopic (exact) mass is 330 g/mol.